The van der Waals surface area contributed by atoms with E-state index in [1.165, 1.54) is 12.1 Å². The molecule has 0 spiro atoms. The summed E-state index contributed by atoms with van der Waals surface area (Å²) in [7, 11) is 0. The fraction of sp³-hybridized carbons (Fsp3) is 0.462. The van der Waals surface area contributed by atoms with Crippen molar-refractivity contribution in [3.05, 3.63) is 35.1 Å². The van der Waals surface area contributed by atoms with E-state index in [1.54, 1.807) is 6.92 Å². The molecular formula is C13H16ClFO4. The zero-order valence-corrected chi connectivity index (χ0v) is 11.2. The first-order chi connectivity index (χ1) is 8.99. The molecule has 0 saturated heterocycles. The maximum Gasteiger partial charge on any atom is 0.308 e. The van der Waals surface area contributed by atoms with Crippen molar-refractivity contribution in [1.29, 1.82) is 0 Å². The van der Waals surface area contributed by atoms with Crippen LogP contribution in [0.25, 0.3) is 0 Å². The first-order valence-electron chi connectivity index (χ1n) is 5.85. The molecule has 0 saturated carbocycles. The van der Waals surface area contributed by atoms with Crippen LogP contribution in [0.5, 0.6) is 0 Å². The molecule has 0 radical (unpaired) electrons. The molecule has 0 fully saturated rings. The molecule has 1 aromatic carbocycles. The van der Waals surface area contributed by atoms with Gasteiger partial charge in [0.15, 0.2) is 0 Å². The second kappa shape index (κ2) is 7.43. The Hall–Kier alpha value is -1.17. The number of halogens is 2. The number of benzene rings is 1. The fourth-order valence-corrected chi connectivity index (χ4v) is 1.80. The maximum atomic E-state index is 13.5. The molecule has 2 N–H and O–H groups in total. The molecule has 0 aromatic heterocycles. The fourth-order valence-electron chi connectivity index (χ4n) is 1.58. The van der Waals surface area contributed by atoms with Gasteiger partial charge in [-0.05, 0) is 18.6 Å². The van der Waals surface area contributed by atoms with Gasteiger partial charge in [-0.2, -0.15) is 0 Å². The number of hydrogen-bond acceptors (Lipinski definition) is 4. The van der Waals surface area contributed by atoms with Crippen molar-refractivity contribution < 1.29 is 24.1 Å². The Morgan fingerprint density at radius 1 is 1.47 bits per heavy atom. The molecule has 0 aliphatic heterocycles. The molecule has 0 heterocycles. The van der Waals surface area contributed by atoms with Gasteiger partial charge in [0.25, 0.3) is 0 Å². The topological polar surface area (TPSA) is 66.8 Å². The van der Waals surface area contributed by atoms with Crippen molar-refractivity contribution in [3.8, 4) is 0 Å². The van der Waals surface area contributed by atoms with Crippen LogP contribution in [0.2, 0.25) is 0 Å². The van der Waals surface area contributed by atoms with E-state index < -0.39 is 24.0 Å². The van der Waals surface area contributed by atoms with Crippen LogP contribution >= 0.6 is 11.6 Å². The maximum absolute atomic E-state index is 13.5. The molecule has 0 amide bonds. The molecule has 1 aromatic rings. The van der Waals surface area contributed by atoms with Crippen LogP contribution in [0.15, 0.2) is 18.2 Å². The summed E-state index contributed by atoms with van der Waals surface area (Å²) in [6.45, 7) is 1.83. The predicted molar refractivity (Wildman–Crippen MR) is 68.2 cm³/mol. The summed E-state index contributed by atoms with van der Waals surface area (Å²) < 4.78 is 18.1. The Kier molecular flexibility index (Phi) is 6.21. The lowest BCUT2D eigenvalue weighted by atomic mass is 10.0. The number of carbonyl (C=O) groups excluding carboxylic acids is 1. The minimum absolute atomic E-state index is 0.0214. The summed E-state index contributed by atoms with van der Waals surface area (Å²) >= 11 is 5.52. The van der Waals surface area contributed by atoms with Gasteiger partial charge in [-0.1, -0.05) is 12.1 Å². The van der Waals surface area contributed by atoms with Gasteiger partial charge in [-0.25, -0.2) is 4.39 Å². The molecule has 2 unspecified atom stereocenters. The Bertz CT molecular complexity index is 439. The van der Waals surface area contributed by atoms with Crippen LogP contribution < -0.4 is 0 Å². The average Bonchev–Trinajstić information content (AvgIpc) is 2.37. The second-order valence-corrected chi connectivity index (χ2v) is 4.27. The van der Waals surface area contributed by atoms with Crippen molar-refractivity contribution in [2.45, 2.75) is 31.4 Å². The number of alkyl halides is 1. The molecule has 1 rings (SSSR count). The highest BCUT2D eigenvalue weighted by Gasteiger charge is 2.22. The highest BCUT2D eigenvalue weighted by atomic mass is 35.5. The van der Waals surface area contributed by atoms with Crippen LogP contribution in [0.3, 0.4) is 0 Å². The molecule has 106 valence electrons. The van der Waals surface area contributed by atoms with Crippen LogP contribution in [0, 0.1) is 5.82 Å². The SMILES string of the molecule is CCOC(=O)CC(O)C(O)c1ccc(CCl)c(F)c1. The van der Waals surface area contributed by atoms with Crippen molar-refractivity contribution in [1.82, 2.24) is 0 Å². The summed E-state index contributed by atoms with van der Waals surface area (Å²) in [5.74, 6) is -1.16. The summed E-state index contributed by atoms with van der Waals surface area (Å²) in [5, 5.41) is 19.5. The average molecular weight is 291 g/mol. The Morgan fingerprint density at radius 2 is 2.16 bits per heavy atom. The van der Waals surface area contributed by atoms with Crippen molar-refractivity contribution in [2.75, 3.05) is 6.61 Å². The zero-order valence-electron chi connectivity index (χ0n) is 10.5. The quantitative estimate of drug-likeness (QED) is 0.620. The van der Waals surface area contributed by atoms with Crippen molar-refractivity contribution >= 4 is 17.6 Å². The van der Waals surface area contributed by atoms with Gasteiger partial charge >= 0.3 is 5.97 Å². The summed E-state index contributed by atoms with van der Waals surface area (Å²) in [6, 6.07) is 3.98. The largest absolute Gasteiger partial charge is 0.466 e. The molecule has 19 heavy (non-hydrogen) atoms. The van der Waals surface area contributed by atoms with Gasteiger partial charge in [0.05, 0.1) is 25.0 Å². The van der Waals surface area contributed by atoms with E-state index in [0.717, 1.165) is 6.07 Å². The normalized spacial score (nSPS) is 13.9. The Morgan fingerprint density at radius 3 is 2.68 bits per heavy atom. The van der Waals surface area contributed by atoms with Gasteiger partial charge in [-0.3, -0.25) is 4.79 Å². The third kappa shape index (κ3) is 4.45. The monoisotopic (exact) mass is 290 g/mol. The smallest absolute Gasteiger partial charge is 0.308 e. The number of aliphatic hydroxyl groups is 2. The van der Waals surface area contributed by atoms with Gasteiger partial charge < -0.3 is 14.9 Å². The molecule has 4 nitrogen and oxygen atoms in total. The third-order valence-electron chi connectivity index (χ3n) is 2.61. The number of ether oxygens (including phenoxy) is 1. The van der Waals surface area contributed by atoms with E-state index in [4.69, 9.17) is 11.6 Å². The van der Waals surface area contributed by atoms with Gasteiger partial charge in [0.1, 0.15) is 11.9 Å². The van der Waals surface area contributed by atoms with E-state index in [-0.39, 0.29) is 24.5 Å². The number of hydrogen-bond donors (Lipinski definition) is 2. The third-order valence-corrected chi connectivity index (χ3v) is 2.90. The van der Waals surface area contributed by atoms with E-state index in [9.17, 15) is 19.4 Å². The van der Waals surface area contributed by atoms with Crippen molar-refractivity contribution in [2.24, 2.45) is 0 Å². The minimum atomic E-state index is -1.36. The Balaban J connectivity index is 2.73. The van der Waals surface area contributed by atoms with Crippen molar-refractivity contribution in [3.63, 3.8) is 0 Å². The number of carbonyl (C=O) groups is 1. The highest BCUT2D eigenvalue weighted by molar-refractivity contribution is 6.17. The summed E-state index contributed by atoms with van der Waals surface area (Å²) in [5.41, 5.74) is 0.487. The lowest BCUT2D eigenvalue weighted by Crippen LogP contribution is -2.23. The molecule has 0 aliphatic rings. The molecule has 0 bridgehead atoms. The predicted octanol–water partition coefficient (Wildman–Crippen LogP) is 1.91. The highest BCUT2D eigenvalue weighted by Crippen LogP contribution is 2.22. The molecule has 6 heteroatoms. The standard InChI is InChI=1S/C13H16ClFO4/c1-2-19-12(17)6-11(16)13(18)8-3-4-9(7-14)10(15)5-8/h3-5,11,13,16,18H,2,6-7H2,1H3. The number of esters is 1. The molecule has 2 atom stereocenters. The van der Waals surface area contributed by atoms with Gasteiger partial charge in [-0.15, -0.1) is 11.6 Å². The lowest BCUT2D eigenvalue weighted by Gasteiger charge is -2.17. The van der Waals surface area contributed by atoms with Crippen LogP contribution in [-0.4, -0.2) is 28.9 Å². The first kappa shape index (κ1) is 15.9. The number of aliphatic hydroxyl groups excluding tert-OH is 2. The van der Waals surface area contributed by atoms with E-state index >= 15 is 0 Å². The van der Waals surface area contributed by atoms with E-state index in [0.29, 0.717) is 5.56 Å². The first-order valence-corrected chi connectivity index (χ1v) is 6.39. The van der Waals surface area contributed by atoms with E-state index in [1.807, 2.05) is 0 Å². The number of rotatable bonds is 6. The van der Waals surface area contributed by atoms with Crippen LogP contribution in [0.1, 0.15) is 30.6 Å². The molecular weight excluding hydrogens is 275 g/mol. The Labute approximate surface area is 115 Å². The van der Waals surface area contributed by atoms with Crippen LogP contribution in [-0.2, 0) is 15.4 Å². The summed E-state index contributed by atoms with van der Waals surface area (Å²) in [4.78, 5) is 11.2. The minimum Gasteiger partial charge on any atom is -0.466 e. The molecule has 0 aliphatic carbocycles. The zero-order chi connectivity index (χ0) is 14.4. The van der Waals surface area contributed by atoms with E-state index in [2.05, 4.69) is 4.74 Å². The van der Waals surface area contributed by atoms with Crippen LogP contribution in [0.4, 0.5) is 4.39 Å². The van der Waals surface area contributed by atoms with Gasteiger partial charge in [0, 0.05) is 5.56 Å². The summed E-state index contributed by atoms with van der Waals surface area (Å²) in [6.07, 6.45) is -3.06. The second-order valence-electron chi connectivity index (χ2n) is 4.01. The van der Waals surface area contributed by atoms with Gasteiger partial charge in [0.2, 0.25) is 0 Å². The lowest BCUT2D eigenvalue weighted by molar-refractivity contribution is -0.147.